The van der Waals surface area contributed by atoms with Gasteiger partial charge in [0.15, 0.2) is 0 Å². The molecule has 0 fully saturated rings. The number of benzene rings is 4. The van der Waals surface area contributed by atoms with Crippen molar-refractivity contribution in [2.45, 2.75) is 88.9 Å². The molecular weight excluding hydrogens is 739 g/mol. The summed E-state index contributed by atoms with van der Waals surface area (Å²) >= 11 is 1.79. The maximum absolute atomic E-state index is 4.59. The monoisotopic (exact) mass is 784 g/mol. The van der Waals surface area contributed by atoms with Crippen molar-refractivity contribution in [2.75, 3.05) is 9.80 Å². The van der Waals surface area contributed by atoms with Crippen molar-refractivity contribution in [1.29, 1.82) is 0 Å². The Kier molecular flexibility index (Phi) is 11.5. The summed E-state index contributed by atoms with van der Waals surface area (Å²) in [5, 5.41) is 4.59. The van der Waals surface area contributed by atoms with Crippen LogP contribution in [0.25, 0.3) is 5.32 Å². The zero-order valence-electron chi connectivity index (χ0n) is 27.2. The zero-order chi connectivity index (χ0) is 30.7. The normalized spacial score (nSPS) is 13.5. The van der Waals surface area contributed by atoms with Crippen LogP contribution in [0.3, 0.4) is 0 Å². The molecule has 4 aromatic rings. The van der Waals surface area contributed by atoms with Gasteiger partial charge in [-0.25, -0.2) is 0 Å². The predicted octanol–water partition coefficient (Wildman–Crippen LogP) is 12.6. The van der Waals surface area contributed by atoms with Crippen LogP contribution in [0.5, 0.6) is 0 Å². The molecule has 235 valence electrons. The first kappa shape index (κ1) is 34.0. The van der Waals surface area contributed by atoms with Crippen LogP contribution in [0, 0.1) is 6.67 Å². The van der Waals surface area contributed by atoms with Crippen LogP contribution in [0.2, 0.25) is 0 Å². The SMILES string of the molecule is CC(C)c1cccc(C(C)C)c1N1C=CN(c2c(C(C)C)cccc2C(C)C)[CH-]1.[Au].c1ccc2c(c1)[N-]c1ccccc1S2. The Morgan fingerprint density at radius 2 is 0.841 bits per heavy atom. The molecule has 0 atom stereocenters. The van der Waals surface area contributed by atoms with Gasteiger partial charge in [-0.2, -0.15) is 0 Å². The van der Waals surface area contributed by atoms with E-state index in [2.05, 4.69) is 162 Å². The summed E-state index contributed by atoms with van der Waals surface area (Å²) in [5.74, 6) is 1.92. The number of hydrogen-bond donors (Lipinski definition) is 0. The molecular formula is C39H45AuN3S-2. The molecule has 3 nitrogen and oxygen atoms in total. The topological polar surface area (TPSA) is 20.6 Å². The standard InChI is InChI=1S/C27H37N2.C12H8NS.Au/c1-18(2)22-11-9-12-23(19(3)4)26(22)28-15-16-29(17-28)27-24(20(5)6)13-10-14-25(27)21(7)8;1-3-7-11-9(5-1)13-10-6-2-4-8-12(10)14-11;/h9-21H,1-8H3;1-8H;/q2*-1;. The van der Waals surface area contributed by atoms with Gasteiger partial charge < -0.3 is 15.1 Å². The third kappa shape index (κ3) is 7.32. The van der Waals surface area contributed by atoms with E-state index in [0.717, 1.165) is 11.4 Å². The Hall–Kier alpha value is -2.89. The molecule has 0 aliphatic carbocycles. The molecule has 1 radical (unpaired) electrons. The number of hydrogen-bond acceptors (Lipinski definition) is 3. The maximum atomic E-state index is 4.59. The van der Waals surface area contributed by atoms with Crippen LogP contribution in [-0.2, 0) is 22.4 Å². The number of para-hydroxylation sites is 4. The van der Waals surface area contributed by atoms with E-state index >= 15 is 0 Å². The first-order valence-electron chi connectivity index (χ1n) is 15.6. The van der Waals surface area contributed by atoms with Crippen LogP contribution < -0.4 is 9.80 Å². The number of fused-ring (bicyclic) bond motifs is 2. The van der Waals surface area contributed by atoms with Crippen molar-refractivity contribution >= 4 is 34.5 Å². The second kappa shape index (κ2) is 14.9. The van der Waals surface area contributed by atoms with E-state index in [-0.39, 0.29) is 22.4 Å². The van der Waals surface area contributed by atoms with Crippen molar-refractivity contribution in [3.05, 3.63) is 132 Å². The third-order valence-corrected chi connectivity index (χ3v) is 9.16. The van der Waals surface area contributed by atoms with Gasteiger partial charge >= 0.3 is 0 Å². The summed E-state index contributed by atoms with van der Waals surface area (Å²) in [6.07, 6.45) is 4.43. The first-order chi connectivity index (χ1) is 20.7. The molecule has 0 saturated carbocycles. The number of rotatable bonds is 6. The van der Waals surface area contributed by atoms with Gasteiger partial charge in [0, 0.05) is 33.8 Å². The van der Waals surface area contributed by atoms with E-state index in [1.54, 1.807) is 11.8 Å². The van der Waals surface area contributed by atoms with Crippen molar-refractivity contribution < 1.29 is 22.4 Å². The molecule has 5 heteroatoms. The largest absolute Gasteiger partial charge is 0.656 e. The number of anilines is 2. The van der Waals surface area contributed by atoms with E-state index < -0.39 is 0 Å². The van der Waals surface area contributed by atoms with E-state index in [4.69, 9.17) is 0 Å². The Bertz CT molecular complexity index is 1380. The molecule has 0 spiro atoms. The maximum Gasteiger partial charge on any atom is 0.0195 e. The Labute approximate surface area is 285 Å². The summed E-state index contributed by atoms with van der Waals surface area (Å²) in [4.78, 5) is 7.13. The molecule has 44 heavy (non-hydrogen) atoms. The summed E-state index contributed by atoms with van der Waals surface area (Å²) in [5.41, 5.74) is 10.4. The van der Waals surface area contributed by atoms with Gasteiger partial charge in [0.2, 0.25) is 0 Å². The van der Waals surface area contributed by atoms with Crippen LogP contribution in [0.15, 0.2) is 107 Å². The molecule has 0 bridgehead atoms. The van der Waals surface area contributed by atoms with E-state index in [1.165, 1.54) is 43.4 Å². The Morgan fingerprint density at radius 3 is 1.18 bits per heavy atom. The van der Waals surface area contributed by atoms with Gasteiger partial charge in [-0.3, -0.25) is 0 Å². The summed E-state index contributed by atoms with van der Waals surface area (Å²) in [6, 6.07) is 30.0. The van der Waals surface area contributed by atoms with Crippen LogP contribution in [-0.4, -0.2) is 0 Å². The van der Waals surface area contributed by atoms with Gasteiger partial charge in [-0.15, -0.1) is 18.0 Å². The molecule has 0 saturated heterocycles. The molecule has 0 unspecified atom stereocenters. The van der Waals surface area contributed by atoms with Crippen molar-refractivity contribution in [3.8, 4) is 0 Å². The van der Waals surface area contributed by atoms with E-state index in [1.807, 2.05) is 12.1 Å². The van der Waals surface area contributed by atoms with Gasteiger partial charge in [0.1, 0.15) is 0 Å². The minimum atomic E-state index is 0. The molecule has 2 aliphatic heterocycles. The molecule has 4 aromatic carbocycles. The first-order valence-corrected chi connectivity index (χ1v) is 16.4. The van der Waals surface area contributed by atoms with E-state index in [9.17, 15) is 0 Å². The number of nitrogens with zero attached hydrogens (tertiary/aromatic N) is 3. The quantitative estimate of drug-likeness (QED) is 0.126. The molecule has 0 N–H and O–H groups in total. The van der Waals surface area contributed by atoms with Crippen molar-refractivity contribution in [1.82, 2.24) is 0 Å². The van der Waals surface area contributed by atoms with Gasteiger partial charge in [-0.1, -0.05) is 140 Å². The molecule has 0 aromatic heterocycles. The van der Waals surface area contributed by atoms with Crippen LogP contribution >= 0.6 is 11.8 Å². The fourth-order valence-electron chi connectivity index (χ4n) is 5.76. The van der Waals surface area contributed by atoms with Crippen molar-refractivity contribution in [3.63, 3.8) is 0 Å². The van der Waals surface area contributed by atoms with Crippen LogP contribution in [0.1, 0.15) is 101 Å². The second-order valence-electron chi connectivity index (χ2n) is 12.6. The summed E-state index contributed by atoms with van der Waals surface area (Å²) in [6.45, 7) is 20.5. The smallest absolute Gasteiger partial charge is 0.0195 e. The average molecular weight is 785 g/mol. The zero-order valence-corrected chi connectivity index (χ0v) is 30.2. The van der Waals surface area contributed by atoms with Gasteiger partial charge in [0.25, 0.3) is 0 Å². The summed E-state index contributed by atoms with van der Waals surface area (Å²) in [7, 11) is 0. The summed E-state index contributed by atoms with van der Waals surface area (Å²) < 4.78 is 0. The fourth-order valence-corrected chi connectivity index (χ4v) is 6.73. The minimum Gasteiger partial charge on any atom is -0.656 e. The van der Waals surface area contributed by atoms with Gasteiger partial charge in [-0.05, 0) is 80.2 Å². The Morgan fingerprint density at radius 1 is 0.500 bits per heavy atom. The molecule has 2 heterocycles. The van der Waals surface area contributed by atoms with E-state index in [0.29, 0.717) is 23.7 Å². The second-order valence-corrected chi connectivity index (χ2v) is 13.7. The minimum absolute atomic E-state index is 0. The Balaban J connectivity index is 0.000000244. The predicted molar refractivity (Wildman–Crippen MR) is 187 cm³/mol. The molecule has 6 rings (SSSR count). The van der Waals surface area contributed by atoms with Crippen LogP contribution in [0.4, 0.5) is 22.7 Å². The van der Waals surface area contributed by atoms with Gasteiger partial charge in [0.05, 0.1) is 0 Å². The molecule has 0 amide bonds. The third-order valence-electron chi connectivity index (χ3n) is 8.03. The fraction of sp³-hybridized carbons (Fsp3) is 0.308. The molecule has 2 aliphatic rings. The van der Waals surface area contributed by atoms with Crippen molar-refractivity contribution in [2.24, 2.45) is 0 Å². The average Bonchev–Trinajstić information content (AvgIpc) is 3.49.